The molecule has 21 heavy (non-hydrogen) atoms. The first-order chi connectivity index (χ1) is 10.2. The van der Waals surface area contributed by atoms with Crippen LogP contribution in [0.5, 0.6) is 0 Å². The van der Waals surface area contributed by atoms with E-state index in [0.717, 1.165) is 37.2 Å². The molecular formula is C15H19N5O. The van der Waals surface area contributed by atoms with Gasteiger partial charge in [0.1, 0.15) is 0 Å². The molecule has 6 nitrogen and oxygen atoms in total. The Balaban J connectivity index is 1.71. The van der Waals surface area contributed by atoms with Crippen LogP contribution in [0.4, 0.5) is 5.69 Å². The van der Waals surface area contributed by atoms with Gasteiger partial charge in [-0.05, 0) is 44.0 Å². The molecule has 0 radical (unpaired) electrons. The van der Waals surface area contributed by atoms with E-state index < -0.39 is 0 Å². The van der Waals surface area contributed by atoms with E-state index >= 15 is 0 Å². The summed E-state index contributed by atoms with van der Waals surface area (Å²) in [6, 6.07) is 3.89. The lowest BCUT2D eigenvalue weighted by Crippen LogP contribution is -2.32. The van der Waals surface area contributed by atoms with Crippen LogP contribution in [-0.4, -0.2) is 33.8 Å². The molecule has 3 heterocycles. The third-order valence-corrected chi connectivity index (χ3v) is 3.75. The van der Waals surface area contributed by atoms with Gasteiger partial charge in [0, 0.05) is 30.8 Å². The number of hydrogen-bond donors (Lipinski definition) is 2. The van der Waals surface area contributed by atoms with Crippen molar-refractivity contribution in [3.8, 4) is 0 Å². The fraction of sp³-hybridized carbons (Fsp3) is 0.400. The molecule has 2 N–H and O–H groups in total. The Bertz CT molecular complexity index is 630. The van der Waals surface area contributed by atoms with Crippen LogP contribution < -0.4 is 10.6 Å². The van der Waals surface area contributed by atoms with Crippen molar-refractivity contribution in [1.82, 2.24) is 20.1 Å². The highest BCUT2D eigenvalue weighted by atomic mass is 16.1. The number of rotatable bonds is 3. The largest absolute Gasteiger partial charge is 0.320 e. The van der Waals surface area contributed by atoms with Gasteiger partial charge in [-0.3, -0.25) is 14.5 Å². The second kappa shape index (κ2) is 6.05. The molecule has 1 fully saturated rings. The van der Waals surface area contributed by atoms with Crippen LogP contribution in [-0.2, 0) is 0 Å². The van der Waals surface area contributed by atoms with E-state index in [2.05, 4.69) is 20.7 Å². The topological polar surface area (TPSA) is 71.8 Å². The van der Waals surface area contributed by atoms with Gasteiger partial charge in [-0.25, -0.2) is 0 Å². The summed E-state index contributed by atoms with van der Waals surface area (Å²) in [6.07, 6.45) is 7.50. The van der Waals surface area contributed by atoms with Crippen LogP contribution in [0.1, 0.15) is 34.9 Å². The lowest BCUT2D eigenvalue weighted by molar-refractivity contribution is 0.102. The molecule has 1 saturated heterocycles. The SMILES string of the molecule is Cc1cnccc1NC(=O)c1ccn(C2CCCNC2)n1. The van der Waals surface area contributed by atoms with Crippen LogP contribution in [0, 0.1) is 6.92 Å². The number of nitrogens with zero attached hydrogens (tertiary/aromatic N) is 3. The quantitative estimate of drug-likeness (QED) is 0.901. The number of carbonyl (C=O) groups excluding carboxylic acids is 1. The Morgan fingerprint density at radius 2 is 2.38 bits per heavy atom. The molecule has 1 atom stereocenters. The molecule has 2 aromatic rings. The van der Waals surface area contributed by atoms with Gasteiger partial charge in [-0.1, -0.05) is 0 Å². The van der Waals surface area contributed by atoms with Crippen molar-refractivity contribution >= 4 is 11.6 Å². The van der Waals surface area contributed by atoms with Crippen molar-refractivity contribution < 1.29 is 4.79 Å². The lowest BCUT2D eigenvalue weighted by atomic mass is 10.1. The Morgan fingerprint density at radius 1 is 1.48 bits per heavy atom. The lowest BCUT2D eigenvalue weighted by Gasteiger charge is -2.22. The number of aromatic nitrogens is 3. The number of aryl methyl sites for hydroxylation is 1. The first kappa shape index (κ1) is 13.8. The zero-order valence-electron chi connectivity index (χ0n) is 12.0. The molecule has 1 amide bonds. The number of piperidine rings is 1. The normalized spacial score (nSPS) is 18.4. The molecular weight excluding hydrogens is 266 g/mol. The smallest absolute Gasteiger partial charge is 0.276 e. The summed E-state index contributed by atoms with van der Waals surface area (Å²) < 4.78 is 1.89. The van der Waals surface area contributed by atoms with Crippen LogP contribution >= 0.6 is 0 Å². The maximum absolute atomic E-state index is 12.2. The van der Waals surface area contributed by atoms with Crippen molar-refractivity contribution in [3.05, 3.63) is 42.0 Å². The number of hydrogen-bond acceptors (Lipinski definition) is 4. The molecule has 0 aliphatic carbocycles. The van der Waals surface area contributed by atoms with Crippen molar-refractivity contribution in [1.29, 1.82) is 0 Å². The number of pyridine rings is 1. The van der Waals surface area contributed by atoms with Crippen LogP contribution in [0.3, 0.4) is 0 Å². The fourth-order valence-electron chi connectivity index (χ4n) is 2.52. The molecule has 1 aliphatic rings. The van der Waals surface area contributed by atoms with Gasteiger partial charge >= 0.3 is 0 Å². The summed E-state index contributed by atoms with van der Waals surface area (Å²) in [5.74, 6) is -0.188. The average molecular weight is 285 g/mol. The second-order valence-electron chi connectivity index (χ2n) is 5.33. The van der Waals surface area contributed by atoms with Crippen molar-refractivity contribution in [2.45, 2.75) is 25.8 Å². The van der Waals surface area contributed by atoms with Gasteiger partial charge in [0.05, 0.1) is 6.04 Å². The van der Waals surface area contributed by atoms with E-state index in [1.807, 2.05) is 17.8 Å². The standard InChI is InChI=1S/C15H19N5O/c1-11-9-17-7-4-13(11)18-15(21)14-5-8-20(19-14)12-3-2-6-16-10-12/h4-5,7-9,12,16H,2-3,6,10H2,1H3,(H,17,18,21). The molecule has 1 unspecified atom stereocenters. The molecule has 1 aliphatic heterocycles. The summed E-state index contributed by atoms with van der Waals surface area (Å²) >= 11 is 0. The monoisotopic (exact) mass is 285 g/mol. The molecule has 3 rings (SSSR count). The maximum atomic E-state index is 12.2. The summed E-state index contributed by atoms with van der Waals surface area (Å²) in [5, 5.41) is 10.6. The number of amides is 1. The predicted octanol–water partition coefficient (Wildman–Crippen LogP) is 1.76. The van der Waals surface area contributed by atoms with E-state index in [0.29, 0.717) is 11.7 Å². The fourth-order valence-corrected chi connectivity index (χ4v) is 2.52. The maximum Gasteiger partial charge on any atom is 0.276 e. The van der Waals surface area contributed by atoms with E-state index in [1.54, 1.807) is 24.5 Å². The molecule has 0 spiro atoms. The Labute approximate surface area is 123 Å². The minimum atomic E-state index is -0.188. The minimum absolute atomic E-state index is 0.188. The van der Waals surface area contributed by atoms with E-state index in [-0.39, 0.29) is 5.91 Å². The molecule has 0 bridgehead atoms. The van der Waals surface area contributed by atoms with Crippen molar-refractivity contribution in [2.24, 2.45) is 0 Å². The molecule has 2 aromatic heterocycles. The Hall–Kier alpha value is -2.21. The van der Waals surface area contributed by atoms with E-state index in [4.69, 9.17) is 0 Å². The first-order valence-corrected chi connectivity index (χ1v) is 7.22. The minimum Gasteiger partial charge on any atom is -0.320 e. The van der Waals surface area contributed by atoms with Gasteiger partial charge in [-0.15, -0.1) is 0 Å². The third kappa shape index (κ3) is 3.11. The summed E-state index contributed by atoms with van der Waals surface area (Å²) in [7, 11) is 0. The average Bonchev–Trinajstić information content (AvgIpc) is 3.00. The second-order valence-corrected chi connectivity index (χ2v) is 5.33. The highest BCUT2D eigenvalue weighted by Gasteiger charge is 2.17. The van der Waals surface area contributed by atoms with Crippen LogP contribution in [0.15, 0.2) is 30.7 Å². The highest BCUT2D eigenvalue weighted by Crippen LogP contribution is 2.17. The summed E-state index contributed by atoms with van der Waals surface area (Å²) in [4.78, 5) is 16.3. The van der Waals surface area contributed by atoms with Crippen molar-refractivity contribution in [2.75, 3.05) is 18.4 Å². The number of carbonyl (C=O) groups is 1. The Kier molecular flexibility index (Phi) is 3.96. The van der Waals surface area contributed by atoms with Crippen LogP contribution in [0.2, 0.25) is 0 Å². The highest BCUT2D eigenvalue weighted by molar-refractivity contribution is 6.03. The predicted molar refractivity (Wildman–Crippen MR) is 80.3 cm³/mol. The molecule has 0 aromatic carbocycles. The molecule has 6 heteroatoms. The Morgan fingerprint density at radius 3 is 3.14 bits per heavy atom. The van der Waals surface area contributed by atoms with Gasteiger partial charge in [0.25, 0.3) is 5.91 Å². The molecule has 110 valence electrons. The third-order valence-electron chi connectivity index (χ3n) is 3.75. The van der Waals surface area contributed by atoms with Crippen molar-refractivity contribution in [3.63, 3.8) is 0 Å². The first-order valence-electron chi connectivity index (χ1n) is 7.22. The van der Waals surface area contributed by atoms with Gasteiger partial charge < -0.3 is 10.6 Å². The van der Waals surface area contributed by atoms with Gasteiger partial charge in [0.2, 0.25) is 0 Å². The van der Waals surface area contributed by atoms with Gasteiger partial charge in [-0.2, -0.15) is 5.10 Å². The number of nitrogens with one attached hydrogen (secondary N) is 2. The van der Waals surface area contributed by atoms with E-state index in [1.165, 1.54) is 0 Å². The summed E-state index contributed by atoms with van der Waals surface area (Å²) in [5.41, 5.74) is 2.14. The van der Waals surface area contributed by atoms with Gasteiger partial charge in [0.15, 0.2) is 5.69 Å². The molecule has 0 saturated carbocycles. The zero-order chi connectivity index (χ0) is 14.7. The zero-order valence-corrected chi connectivity index (χ0v) is 12.0. The summed E-state index contributed by atoms with van der Waals surface area (Å²) in [6.45, 7) is 3.88. The van der Waals surface area contributed by atoms with Crippen LogP contribution in [0.25, 0.3) is 0 Å². The number of anilines is 1. The van der Waals surface area contributed by atoms with E-state index in [9.17, 15) is 4.79 Å².